The van der Waals surface area contributed by atoms with E-state index < -0.39 is 0 Å². The van der Waals surface area contributed by atoms with Gasteiger partial charge in [0.15, 0.2) is 0 Å². The van der Waals surface area contributed by atoms with Crippen LogP contribution in [-0.2, 0) is 6.42 Å². The van der Waals surface area contributed by atoms with Crippen LogP contribution in [0.2, 0.25) is 0 Å². The van der Waals surface area contributed by atoms with Crippen LogP contribution in [0.25, 0.3) is 6.08 Å². The van der Waals surface area contributed by atoms with E-state index in [2.05, 4.69) is 0 Å². The molecule has 0 aliphatic heterocycles. The van der Waals surface area contributed by atoms with Crippen molar-refractivity contribution in [3.63, 3.8) is 0 Å². The minimum atomic E-state index is 0.0689. The molecule has 6 N–H and O–H groups in total. The van der Waals surface area contributed by atoms with E-state index in [1.807, 2.05) is 60.7 Å². The molecule has 0 atom stereocenters. The van der Waals surface area contributed by atoms with Crippen molar-refractivity contribution in [3.8, 4) is 0 Å². The summed E-state index contributed by atoms with van der Waals surface area (Å²) in [6.07, 6.45) is 4.79. The average molecular weight is 278 g/mol. The van der Waals surface area contributed by atoms with Crippen molar-refractivity contribution >= 4 is 17.7 Å². The Labute approximate surface area is 124 Å². The normalized spacial score (nSPS) is 10.7. The molecule has 2 aromatic carbocycles. The number of nitrogens with one attached hydrogen (secondary N) is 2. The summed E-state index contributed by atoms with van der Waals surface area (Å²) in [6.45, 7) is 0. The first-order valence-electron chi connectivity index (χ1n) is 6.60. The lowest BCUT2D eigenvalue weighted by atomic mass is 10.1. The topological polar surface area (TPSA) is 99.7 Å². The van der Waals surface area contributed by atoms with Crippen LogP contribution in [0, 0.1) is 10.8 Å². The molecule has 0 saturated heterocycles. The van der Waals surface area contributed by atoms with Crippen LogP contribution >= 0.6 is 0 Å². The van der Waals surface area contributed by atoms with Crippen LogP contribution < -0.4 is 11.5 Å². The van der Waals surface area contributed by atoms with Gasteiger partial charge >= 0.3 is 0 Å². The molecule has 0 heterocycles. The van der Waals surface area contributed by atoms with Gasteiger partial charge in [-0.3, -0.25) is 10.8 Å². The van der Waals surface area contributed by atoms with Crippen LogP contribution in [0.1, 0.15) is 22.3 Å². The Morgan fingerprint density at radius 2 is 1.52 bits per heavy atom. The minimum Gasteiger partial charge on any atom is -0.384 e. The molecule has 2 rings (SSSR count). The van der Waals surface area contributed by atoms with E-state index in [1.54, 1.807) is 0 Å². The second-order valence-electron chi connectivity index (χ2n) is 4.76. The highest BCUT2D eigenvalue weighted by molar-refractivity contribution is 5.95. The Hall–Kier alpha value is -2.88. The third kappa shape index (κ3) is 4.04. The molecular weight excluding hydrogens is 260 g/mol. The van der Waals surface area contributed by atoms with Crippen molar-refractivity contribution in [2.24, 2.45) is 11.5 Å². The number of nitrogen functional groups attached to an aromatic ring is 2. The molecule has 2 aromatic rings. The number of hydrogen-bond acceptors (Lipinski definition) is 2. The lowest BCUT2D eigenvalue weighted by molar-refractivity contribution is 1.27. The Morgan fingerprint density at radius 1 is 0.905 bits per heavy atom. The summed E-state index contributed by atoms with van der Waals surface area (Å²) >= 11 is 0. The molecule has 21 heavy (non-hydrogen) atoms. The van der Waals surface area contributed by atoms with Gasteiger partial charge in [0, 0.05) is 11.1 Å². The number of hydrogen-bond donors (Lipinski definition) is 4. The molecular formula is C17H18N4. The quantitative estimate of drug-likeness (QED) is 0.499. The van der Waals surface area contributed by atoms with Crippen LogP contribution in [0.3, 0.4) is 0 Å². The molecule has 0 spiro atoms. The van der Waals surface area contributed by atoms with E-state index in [0.29, 0.717) is 0 Å². The molecule has 106 valence electrons. The van der Waals surface area contributed by atoms with Crippen molar-refractivity contribution in [2.75, 3.05) is 0 Å². The molecule has 4 nitrogen and oxygen atoms in total. The smallest absolute Gasteiger partial charge is 0.122 e. The Morgan fingerprint density at radius 3 is 2.19 bits per heavy atom. The van der Waals surface area contributed by atoms with Gasteiger partial charge in [-0.05, 0) is 29.7 Å². The summed E-state index contributed by atoms with van der Waals surface area (Å²) in [4.78, 5) is 0. The molecule has 0 aliphatic rings. The molecule has 0 aromatic heterocycles. The van der Waals surface area contributed by atoms with Gasteiger partial charge < -0.3 is 11.5 Å². The van der Waals surface area contributed by atoms with Gasteiger partial charge in [-0.1, -0.05) is 48.6 Å². The van der Waals surface area contributed by atoms with Crippen molar-refractivity contribution in [1.82, 2.24) is 0 Å². The largest absolute Gasteiger partial charge is 0.384 e. The van der Waals surface area contributed by atoms with Crippen molar-refractivity contribution in [1.29, 1.82) is 10.8 Å². The van der Waals surface area contributed by atoms with Gasteiger partial charge in [0.1, 0.15) is 11.7 Å². The van der Waals surface area contributed by atoms with Crippen molar-refractivity contribution in [3.05, 3.63) is 76.9 Å². The van der Waals surface area contributed by atoms with E-state index in [1.165, 1.54) is 0 Å². The summed E-state index contributed by atoms with van der Waals surface area (Å²) in [5, 5.41) is 14.9. The Kier molecular flexibility index (Phi) is 4.51. The van der Waals surface area contributed by atoms with Gasteiger partial charge in [-0.2, -0.15) is 0 Å². The zero-order chi connectivity index (χ0) is 15.2. The monoisotopic (exact) mass is 278 g/mol. The lowest BCUT2D eigenvalue weighted by Crippen LogP contribution is -2.11. The third-order valence-corrected chi connectivity index (χ3v) is 3.10. The van der Waals surface area contributed by atoms with Crippen molar-refractivity contribution < 1.29 is 0 Å². The third-order valence-electron chi connectivity index (χ3n) is 3.10. The first-order valence-corrected chi connectivity index (χ1v) is 6.60. The molecule has 0 aliphatic carbocycles. The van der Waals surface area contributed by atoms with E-state index in [4.69, 9.17) is 22.3 Å². The SMILES string of the molecule is N=C(N)c1cccc(C=CCc2cccc(C(=N)N)c2)c1. The average Bonchev–Trinajstić information content (AvgIpc) is 2.48. The standard InChI is InChI=1S/C17H18N4/c18-16(19)14-8-2-6-12(10-14)4-1-5-13-7-3-9-15(11-13)17(20)21/h1-4,6-11H,5H2,(H3,18,19)(H3,20,21). The first-order chi connectivity index (χ1) is 10.1. The van der Waals surface area contributed by atoms with Crippen LogP contribution in [0.5, 0.6) is 0 Å². The fraction of sp³-hybridized carbons (Fsp3) is 0.0588. The molecule has 0 fully saturated rings. The predicted octanol–water partition coefficient (Wildman–Crippen LogP) is 2.51. The number of benzene rings is 2. The van der Waals surface area contributed by atoms with Gasteiger partial charge in [-0.25, -0.2) is 0 Å². The van der Waals surface area contributed by atoms with Gasteiger partial charge in [0.05, 0.1) is 0 Å². The van der Waals surface area contributed by atoms with Crippen molar-refractivity contribution in [2.45, 2.75) is 6.42 Å². The summed E-state index contributed by atoms with van der Waals surface area (Å²) in [5.41, 5.74) is 14.5. The zero-order valence-corrected chi connectivity index (χ0v) is 11.6. The lowest BCUT2D eigenvalue weighted by Gasteiger charge is -2.02. The fourth-order valence-corrected chi connectivity index (χ4v) is 2.01. The number of allylic oxidation sites excluding steroid dienone is 1. The molecule has 0 amide bonds. The molecule has 4 heteroatoms. The minimum absolute atomic E-state index is 0.0689. The zero-order valence-electron chi connectivity index (χ0n) is 11.6. The molecule has 0 unspecified atom stereocenters. The summed E-state index contributed by atoms with van der Waals surface area (Å²) in [7, 11) is 0. The van der Waals surface area contributed by atoms with E-state index in [9.17, 15) is 0 Å². The number of rotatable bonds is 5. The summed E-state index contributed by atoms with van der Waals surface area (Å²) in [6, 6.07) is 15.2. The second kappa shape index (κ2) is 6.52. The van der Waals surface area contributed by atoms with Crippen LogP contribution in [0.15, 0.2) is 54.6 Å². The first kappa shape index (κ1) is 14.5. The van der Waals surface area contributed by atoms with Crippen LogP contribution in [0.4, 0.5) is 0 Å². The number of nitrogens with two attached hydrogens (primary N) is 2. The predicted molar refractivity (Wildman–Crippen MR) is 87.7 cm³/mol. The highest BCUT2D eigenvalue weighted by atomic mass is 14.7. The van der Waals surface area contributed by atoms with E-state index in [0.717, 1.165) is 28.7 Å². The van der Waals surface area contributed by atoms with E-state index in [-0.39, 0.29) is 11.7 Å². The van der Waals surface area contributed by atoms with Crippen LogP contribution in [-0.4, -0.2) is 11.7 Å². The molecule has 0 saturated carbocycles. The maximum atomic E-state index is 7.44. The highest BCUT2D eigenvalue weighted by Gasteiger charge is 1.98. The summed E-state index contributed by atoms with van der Waals surface area (Å²) in [5.74, 6) is 0.148. The number of amidine groups is 2. The summed E-state index contributed by atoms with van der Waals surface area (Å²) < 4.78 is 0. The highest BCUT2D eigenvalue weighted by Crippen LogP contribution is 2.10. The maximum absolute atomic E-state index is 7.44. The van der Waals surface area contributed by atoms with Gasteiger partial charge in [0.25, 0.3) is 0 Å². The Bertz CT molecular complexity index is 701. The van der Waals surface area contributed by atoms with Gasteiger partial charge in [0.2, 0.25) is 0 Å². The fourth-order valence-electron chi connectivity index (χ4n) is 2.01. The Balaban J connectivity index is 2.09. The van der Waals surface area contributed by atoms with E-state index >= 15 is 0 Å². The maximum Gasteiger partial charge on any atom is 0.122 e. The second-order valence-corrected chi connectivity index (χ2v) is 4.76. The van der Waals surface area contributed by atoms with Gasteiger partial charge in [-0.15, -0.1) is 0 Å². The molecule has 0 bridgehead atoms. The molecule has 0 radical (unpaired) electrons.